The minimum Gasteiger partial charge on any atom is -0.355 e. The molecule has 1 fully saturated rings. The van der Waals surface area contributed by atoms with Crippen molar-refractivity contribution in [2.45, 2.75) is 26.2 Å². The maximum atomic E-state index is 12.0. The number of hydrogen-bond acceptors (Lipinski definition) is 2. The maximum Gasteiger partial charge on any atom is 0.224 e. The van der Waals surface area contributed by atoms with Crippen LogP contribution in [0.4, 0.5) is 0 Å². The number of carbonyl (C=O) groups is 1. The van der Waals surface area contributed by atoms with E-state index in [0.29, 0.717) is 6.42 Å². The monoisotopic (exact) mass is 360 g/mol. The third-order valence-electron chi connectivity index (χ3n) is 3.78. The van der Waals surface area contributed by atoms with Crippen LogP contribution in [-0.2, 0) is 11.2 Å². The van der Waals surface area contributed by atoms with Crippen LogP contribution in [0.1, 0.15) is 25.3 Å². The molecule has 1 amide bonds. The number of hydrogen-bond donors (Lipinski definition) is 2. The first-order chi connectivity index (χ1) is 9.07. The van der Waals surface area contributed by atoms with Crippen molar-refractivity contribution >= 4 is 34.2 Å². The predicted octanol–water partition coefficient (Wildman–Crippen LogP) is 2.92. The summed E-state index contributed by atoms with van der Waals surface area (Å²) in [6, 6.07) is 7.90. The first-order valence-electron chi connectivity index (χ1n) is 6.79. The number of nitrogens with one attached hydrogen (secondary N) is 2. The van der Waals surface area contributed by atoms with Gasteiger partial charge >= 0.3 is 0 Å². The van der Waals surface area contributed by atoms with Gasteiger partial charge in [-0.05, 0) is 49.0 Å². The van der Waals surface area contributed by atoms with Crippen molar-refractivity contribution in [3.63, 3.8) is 0 Å². The van der Waals surface area contributed by atoms with Gasteiger partial charge in [-0.15, -0.1) is 12.4 Å². The average Bonchev–Trinajstić information content (AvgIpc) is 2.38. The van der Waals surface area contributed by atoms with Gasteiger partial charge in [-0.2, -0.15) is 0 Å². The summed E-state index contributed by atoms with van der Waals surface area (Å²) in [7, 11) is 0. The smallest absolute Gasteiger partial charge is 0.224 e. The Kier molecular flexibility index (Phi) is 7.00. The summed E-state index contributed by atoms with van der Waals surface area (Å²) in [5.41, 5.74) is 1.29. The van der Waals surface area contributed by atoms with Crippen molar-refractivity contribution in [2.24, 2.45) is 5.41 Å². The van der Waals surface area contributed by atoms with Crippen LogP contribution in [0.5, 0.6) is 0 Å². The lowest BCUT2D eigenvalue weighted by molar-refractivity contribution is -0.121. The van der Waals surface area contributed by atoms with Crippen LogP contribution >= 0.6 is 28.3 Å². The van der Waals surface area contributed by atoms with Crippen molar-refractivity contribution in [3.05, 3.63) is 34.3 Å². The van der Waals surface area contributed by atoms with Gasteiger partial charge in [0.05, 0.1) is 6.42 Å². The molecule has 2 rings (SSSR count). The normalized spacial score (nSPS) is 17.1. The predicted molar refractivity (Wildman–Crippen MR) is 88.3 cm³/mol. The van der Waals surface area contributed by atoms with Gasteiger partial charge in [-0.3, -0.25) is 4.79 Å². The number of rotatable bonds is 4. The fourth-order valence-corrected chi connectivity index (χ4v) is 2.86. The molecule has 1 aliphatic rings. The summed E-state index contributed by atoms with van der Waals surface area (Å²) in [6.45, 7) is 5.14. The first kappa shape index (κ1) is 17.5. The van der Waals surface area contributed by atoms with E-state index in [1.165, 1.54) is 0 Å². The van der Waals surface area contributed by atoms with Gasteiger partial charge < -0.3 is 10.6 Å². The zero-order chi connectivity index (χ0) is 13.7. The molecule has 1 aromatic rings. The van der Waals surface area contributed by atoms with Gasteiger partial charge in [0.1, 0.15) is 0 Å². The van der Waals surface area contributed by atoms with E-state index < -0.39 is 0 Å². The third-order valence-corrected chi connectivity index (χ3v) is 4.27. The van der Waals surface area contributed by atoms with Crippen LogP contribution in [0.2, 0.25) is 0 Å². The molecule has 5 heteroatoms. The first-order valence-corrected chi connectivity index (χ1v) is 7.59. The van der Waals surface area contributed by atoms with Crippen LogP contribution in [0.3, 0.4) is 0 Å². The lowest BCUT2D eigenvalue weighted by Crippen LogP contribution is -2.43. The molecule has 112 valence electrons. The summed E-state index contributed by atoms with van der Waals surface area (Å²) < 4.78 is 1.02. The summed E-state index contributed by atoms with van der Waals surface area (Å²) in [6.07, 6.45) is 2.71. The Labute approximate surface area is 135 Å². The Hall–Kier alpha value is -0.580. The number of amides is 1. The average molecular weight is 362 g/mol. The number of piperidine rings is 1. The Bertz CT molecular complexity index is 447. The quantitative estimate of drug-likeness (QED) is 0.866. The molecule has 2 N–H and O–H groups in total. The Morgan fingerprint density at radius 1 is 1.40 bits per heavy atom. The molecule has 20 heavy (non-hydrogen) atoms. The Morgan fingerprint density at radius 2 is 2.10 bits per heavy atom. The van der Waals surface area contributed by atoms with Crippen LogP contribution in [-0.4, -0.2) is 25.5 Å². The second-order valence-electron chi connectivity index (χ2n) is 5.64. The van der Waals surface area contributed by atoms with Crippen molar-refractivity contribution in [3.8, 4) is 0 Å². The van der Waals surface area contributed by atoms with Gasteiger partial charge in [0, 0.05) is 11.0 Å². The van der Waals surface area contributed by atoms with E-state index in [1.807, 2.05) is 24.3 Å². The molecule has 0 aliphatic carbocycles. The van der Waals surface area contributed by atoms with E-state index >= 15 is 0 Å². The summed E-state index contributed by atoms with van der Waals surface area (Å²) >= 11 is 3.42. The summed E-state index contributed by atoms with van der Waals surface area (Å²) in [5, 5.41) is 6.43. The molecule has 3 nitrogen and oxygen atoms in total. The molecule has 1 saturated heterocycles. The van der Waals surface area contributed by atoms with Crippen LogP contribution in [0, 0.1) is 5.41 Å². The molecule has 0 radical (unpaired) electrons. The van der Waals surface area contributed by atoms with E-state index in [9.17, 15) is 4.79 Å². The molecule has 0 unspecified atom stereocenters. The maximum absolute atomic E-state index is 12.0. The topological polar surface area (TPSA) is 41.1 Å². The molecule has 1 aromatic carbocycles. The number of halogens is 2. The van der Waals surface area contributed by atoms with Gasteiger partial charge in [0.25, 0.3) is 0 Å². The van der Waals surface area contributed by atoms with Crippen LogP contribution in [0.25, 0.3) is 0 Å². The van der Waals surface area contributed by atoms with Crippen molar-refractivity contribution in [1.29, 1.82) is 0 Å². The highest BCUT2D eigenvalue weighted by molar-refractivity contribution is 9.10. The van der Waals surface area contributed by atoms with Crippen molar-refractivity contribution < 1.29 is 4.79 Å². The zero-order valence-corrected chi connectivity index (χ0v) is 14.1. The van der Waals surface area contributed by atoms with Gasteiger partial charge in [0.2, 0.25) is 5.91 Å². The fraction of sp³-hybridized carbons (Fsp3) is 0.533. The zero-order valence-electron chi connectivity index (χ0n) is 11.7. The van der Waals surface area contributed by atoms with E-state index in [4.69, 9.17) is 0 Å². The highest BCUT2D eigenvalue weighted by Gasteiger charge is 2.26. The lowest BCUT2D eigenvalue weighted by atomic mass is 9.81. The van der Waals surface area contributed by atoms with Gasteiger partial charge in [-0.25, -0.2) is 0 Å². The molecular formula is C15H22BrClN2O. The second-order valence-corrected chi connectivity index (χ2v) is 6.56. The van der Waals surface area contributed by atoms with E-state index in [1.54, 1.807) is 0 Å². The number of carbonyl (C=O) groups excluding carboxylic acids is 1. The van der Waals surface area contributed by atoms with E-state index in [0.717, 1.165) is 42.5 Å². The summed E-state index contributed by atoms with van der Waals surface area (Å²) in [4.78, 5) is 12.0. The van der Waals surface area contributed by atoms with Crippen molar-refractivity contribution in [2.75, 3.05) is 19.6 Å². The third kappa shape index (κ3) is 5.43. The van der Waals surface area contributed by atoms with Crippen LogP contribution in [0.15, 0.2) is 28.7 Å². The molecule has 0 spiro atoms. The lowest BCUT2D eigenvalue weighted by Gasteiger charge is -2.34. The Morgan fingerprint density at radius 3 is 2.75 bits per heavy atom. The van der Waals surface area contributed by atoms with Crippen molar-refractivity contribution in [1.82, 2.24) is 10.6 Å². The number of benzene rings is 1. The van der Waals surface area contributed by atoms with Gasteiger partial charge in [-0.1, -0.05) is 35.0 Å². The van der Waals surface area contributed by atoms with Crippen LogP contribution < -0.4 is 10.6 Å². The molecular weight excluding hydrogens is 340 g/mol. The highest BCUT2D eigenvalue weighted by atomic mass is 79.9. The molecule has 0 atom stereocenters. The Balaban J connectivity index is 0.00000200. The van der Waals surface area contributed by atoms with E-state index in [-0.39, 0.29) is 23.7 Å². The standard InChI is InChI=1S/C15H21BrN2O.ClH/c1-15(5-7-17-8-6-15)11-18-14(19)10-12-3-2-4-13(16)9-12;/h2-4,9,17H,5-8,10-11H2,1H3,(H,18,19);1H. The molecule has 1 heterocycles. The van der Waals surface area contributed by atoms with E-state index in [2.05, 4.69) is 33.5 Å². The fourth-order valence-electron chi connectivity index (χ4n) is 2.41. The molecule has 1 aliphatic heterocycles. The second kappa shape index (κ2) is 8.01. The molecule has 0 aromatic heterocycles. The largest absolute Gasteiger partial charge is 0.355 e. The SMILES string of the molecule is CC1(CNC(=O)Cc2cccc(Br)c2)CCNCC1.Cl. The molecule has 0 saturated carbocycles. The highest BCUT2D eigenvalue weighted by Crippen LogP contribution is 2.26. The summed E-state index contributed by atoms with van der Waals surface area (Å²) in [5.74, 6) is 0.109. The van der Waals surface area contributed by atoms with Gasteiger partial charge in [0.15, 0.2) is 0 Å². The minimum absolute atomic E-state index is 0. The molecule has 0 bridgehead atoms. The minimum atomic E-state index is 0.